The van der Waals surface area contributed by atoms with Gasteiger partial charge in [-0.15, -0.1) is 0 Å². The number of hydrogen-bond donors (Lipinski definition) is 1. The van der Waals surface area contributed by atoms with Crippen LogP contribution in [0.2, 0.25) is 5.02 Å². The topological polar surface area (TPSA) is 94.4 Å². The minimum atomic E-state index is -1.13. The fourth-order valence-corrected chi connectivity index (χ4v) is 3.31. The number of hydrogen-bond acceptors (Lipinski definition) is 6. The first-order chi connectivity index (χ1) is 13.9. The number of anilines is 2. The molecule has 29 heavy (non-hydrogen) atoms. The van der Waals surface area contributed by atoms with Crippen molar-refractivity contribution in [3.63, 3.8) is 0 Å². The van der Waals surface area contributed by atoms with Crippen molar-refractivity contribution in [1.82, 2.24) is 5.01 Å². The van der Waals surface area contributed by atoms with Crippen molar-refractivity contribution in [2.75, 3.05) is 16.8 Å². The van der Waals surface area contributed by atoms with Crippen LogP contribution in [0.5, 0.6) is 0 Å². The summed E-state index contributed by atoms with van der Waals surface area (Å²) in [4.78, 5) is 38.5. The fraction of sp³-hybridized carbons (Fsp3) is 0.167. The zero-order valence-corrected chi connectivity index (χ0v) is 15.3. The van der Waals surface area contributed by atoms with Crippen molar-refractivity contribution in [3.8, 4) is 0 Å². The van der Waals surface area contributed by atoms with Crippen molar-refractivity contribution >= 4 is 40.7 Å². The second-order valence-electron chi connectivity index (χ2n) is 6.33. The van der Waals surface area contributed by atoms with Gasteiger partial charge in [0.25, 0.3) is 11.8 Å². The van der Waals surface area contributed by atoms with Crippen LogP contribution in [0.3, 0.4) is 0 Å². The number of nitrogens with one attached hydrogen (secondary N) is 1. The molecule has 0 aliphatic carbocycles. The summed E-state index contributed by atoms with van der Waals surface area (Å²) in [7, 11) is 0. The molecule has 2 heterocycles. The van der Waals surface area contributed by atoms with E-state index in [1.807, 2.05) is 0 Å². The number of fused-ring (bicyclic) bond motifs is 1. The molecule has 2 aromatic rings. The SMILES string of the molecule is O=C(CN1N=N[C@@H]2C(=O)N(c3ccc(F)c(Cl)c3)C(=O)[C@@H]21)Nc1ccccc1F. The number of nitrogens with zero attached hydrogens (tertiary/aromatic N) is 4. The number of imide groups is 1. The number of para-hydroxylation sites is 1. The van der Waals surface area contributed by atoms with E-state index in [2.05, 4.69) is 15.7 Å². The summed E-state index contributed by atoms with van der Waals surface area (Å²) >= 11 is 5.74. The van der Waals surface area contributed by atoms with E-state index < -0.39 is 48.0 Å². The number of amides is 3. The maximum atomic E-state index is 13.7. The quantitative estimate of drug-likeness (QED) is 0.770. The largest absolute Gasteiger partial charge is 0.322 e. The van der Waals surface area contributed by atoms with Crippen molar-refractivity contribution < 1.29 is 23.2 Å². The lowest BCUT2D eigenvalue weighted by Crippen LogP contribution is -2.43. The molecule has 2 aromatic carbocycles. The van der Waals surface area contributed by atoms with E-state index in [0.717, 1.165) is 22.0 Å². The molecule has 1 saturated heterocycles. The van der Waals surface area contributed by atoms with Gasteiger partial charge in [-0.25, -0.2) is 13.7 Å². The van der Waals surface area contributed by atoms with Crippen molar-refractivity contribution in [2.24, 2.45) is 10.3 Å². The molecule has 2 aliphatic heterocycles. The van der Waals surface area contributed by atoms with E-state index in [-0.39, 0.29) is 16.4 Å². The van der Waals surface area contributed by atoms with E-state index in [1.54, 1.807) is 6.07 Å². The maximum Gasteiger partial charge on any atom is 0.263 e. The summed E-state index contributed by atoms with van der Waals surface area (Å²) in [6, 6.07) is 6.76. The molecule has 0 bridgehead atoms. The predicted molar refractivity (Wildman–Crippen MR) is 98.1 cm³/mol. The Bertz CT molecular complexity index is 1060. The molecule has 0 saturated carbocycles. The molecule has 2 aliphatic rings. The lowest BCUT2D eigenvalue weighted by Gasteiger charge is -2.20. The lowest BCUT2D eigenvalue weighted by atomic mass is 10.1. The Morgan fingerprint density at radius 2 is 1.86 bits per heavy atom. The standard InChI is InChI=1S/C18H12ClF2N5O3/c19-10-7-9(5-6-11(10)20)26-17(28)15-16(18(26)29)25(24-23-15)8-14(27)22-13-4-2-1-3-12(13)21/h1-7,15-16H,8H2,(H,22,27)/t15-,16+/m0/s1. The van der Waals surface area contributed by atoms with E-state index in [0.29, 0.717) is 0 Å². The van der Waals surface area contributed by atoms with Gasteiger partial charge in [-0.2, -0.15) is 5.11 Å². The molecule has 3 amide bonds. The highest BCUT2D eigenvalue weighted by atomic mass is 35.5. The van der Waals surface area contributed by atoms with E-state index in [1.165, 1.54) is 24.3 Å². The number of halogens is 3. The van der Waals surface area contributed by atoms with Gasteiger partial charge >= 0.3 is 0 Å². The molecule has 4 rings (SSSR count). The zero-order valence-electron chi connectivity index (χ0n) is 14.6. The molecule has 0 unspecified atom stereocenters. The summed E-state index contributed by atoms with van der Waals surface area (Å²) in [5, 5.41) is 10.7. The van der Waals surface area contributed by atoms with Gasteiger partial charge in [0.2, 0.25) is 5.91 Å². The molecular formula is C18H12ClF2N5O3. The monoisotopic (exact) mass is 419 g/mol. The van der Waals surface area contributed by atoms with Crippen molar-refractivity contribution in [2.45, 2.75) is 12.1 Å². The molecule has 2 atom stereocenters. The Hall–Kier alpha value is -3.40. The van der Waals surface area contributed by atoms with Gasteiger partial charge in [0.1, 0.15) is 18.2 Å². The first kappa shape index (κ1) is 18.9. The molecule has 0 aromatic heterocycles. The minimum Gasteiger partial charge on any atom is -0.322 e. The van der Waals surface area contributed by atoms with Crippen LogP contribution in [0, 0.1) is 11.6 Å². The smallest absolute Gasteiger partial charge is 0.263 e. The van der Waals surface area contributed by atoms with Crippen LogP contribution in [0.1, 0.15) is 0 Å². The Balaban J connectivity index is 1.51. The Labute approximate surface area is 167 Å². The molecular weight excluding hydrogens is 408 g/mol. The first-order valence-corrected chi connectivity index (χ1v) is 8.79. The molecule has 0 spiro atoms. The Morgan fingerprint density at radius 1 is 1.10 bits per heavy atom. The molecule has 1 fully saturated rings. The van der Waals surface area contributed by atoms with Gasteiger partial charge in [0.05, 0.1) is 16.4 Å². The van der Waals surface area contributed by atoms with Crippen LogP contribution in [0.25, 0.3) is 0 Å². The normalized spacial score (nSPS) is 20.4. The van der Waals surface area contributed by atoms with Gasteiger partial charge < -0.3 is 5.32 Å². The fourth-order valence-electron chi connectivity index (χ4n) is 3.13. The van der Waals surface area contributed by atoms with E-state index >= 15 is 0 Å². The van der Waals surface area contributed by atoms with Crippen molar-refractivity contribution in [3.05, 3.63) is 59.1 Å². The second-order valence-corrected chi connectivity index (χ2v) is 6.74. The number of carbonyl (C=O) groups excluding carboxylic acids is 3. The number of rotatable bonds is 4. The molecule has 0 radical (unpaired) electrons. The van der Waals surface area contributed by atoms with Gasteiger partial charge in [-0.3, -0.25) is 19.4 Å². The molecule has 11 heteroatoms. The maximum absolute atomic E-state index is 13.7. The third kappa shape index (κ3) is 3.31. The van der Waals surface area contributed by atoms with E-state index in [9.17, 15) is 23.2 Å². The molecule has 1 N–H and O–H groups in total. The second kappa shape index (κ2) is 7.21. The van der Waals surface area contributed by atoms with Crippen LogP contribution in [-0.4, -0.2) is 41.4 Å². The van der Waals surface area contributed by atoms with Crippen LogP contribution in [0.15, 0.2) is 52.8 Å². The third-order valence-electron chi connectivity index (χ3n) is 4.47. The first-order valence-electron chi connectivity index (χ1n) is 8.41. The van der Waals surface area contributed by atoms with Gasteiger partial charge in [-0.05, 0) is 30.3 Å². The van der Waals surface area contributed by atoms with E-state index in [4.69, 9.17) is 11.6 Å². The van der Waals surface area contributed by atoms with Crippen molar-refractivity contribution in [1.29, 1.82) is 0 Å². The van der Waals surface area contributed by atoms with Crippen LogP contribution in [0.4, 0.5) is 20.2 Å². The predicted octanol–water partition coefficient (Wildman–Crippen LogP) is 2.55. The summed E-state index contributed by atoms with van der Waals surface area (Å²) in [5.74, 6) is -3.29. The highest BCUT2D eigenvalue weighted by Crippen LogP contribution is 2.33. The summed E-state index contributed by atoms with van der Waals surface area (Å²) in [6.45, 7) is -0.421. The molecule has 8 nitrogen and oxygen atoms in total. The third-order valence-corrected chi connectivity index (χ3v) is 4.76. The highest BCUT2D eigenvalue weighted by molar-refractivity contribution is 6.32. The average molecular weight is 420 g/mol. The minimum absolute atomic E-state index is 0.0263. The van der Waals surface area contributed by atoms with Gasteiger partial charge in [-0.1, -0.05) is 29.0 Å². The zero-order chi connectivity index (χ0) is 20.7. The number of carbonyl (C=O) groups is 3. The van der Waals surface area contributed by atoms with Gasteiger partial charge in [0.15, 0.2) is 12.1 Å². The summed E-state index contributed by atoms with van der Waals surface area (Å²) in [5.41, 5.74) is 0.0633. The number of benzene rings is 2. The van der Waals surface area contributed by atoms with Gasteiger partial charge in [0, 0.05) is 0 Å². The average Bonchev–Trinajstić information content (AvgIpc) is 3.20. The summed E-state index contributed by atoms with van der Waals surface area (Å²) in [6.07, 6.45) is 0. The molecule has 148 valence electrons. The van der Waals surface area contributed by atoms with Crippen LogP contribution in [-0.2, 0) is 14.4 Å². The van der Waals surface area contributed by atoms with Crippen LogP contribution >= 0.6 is 11.6 Å². The lowest BCUT2D eigenvalue weighted by molar-refractivity contribution is -0.123. The Morgan fingerprint density at radius 3 is 2.59 bits per heavy atom. The summed E-state index contributed by atoms with van der Waals surface area (Å²) < 4.78 is 27.1. The highest BCUT2D eigenvalue weighted by Gasteiger charge is 2.55. The van der Waals surface area contributed by atoms with Crippen LogP contribution < -0.4 is 10.2 Å². The Kier molecular flexibility index (Phi) is 4.71.